The molecule has 1 rings (SSSR count). The number of nitrogens with one attached hydrogen (secondary N) is 1. The summed E-state index contributed by atoms with van der Waals surface area (Å²) in [6.45, 7) is 9.44. The molecule has 1 N–H and O–H groups in total. The van der Waals surface area contributed by atoms with E-state index < -0.39 is 11.6 Å². The highest BCUT2D eigenvalue weighted by molar-refractivity contribution is 9.10. The molecule has 5 heteroatoms. The second kappa shape index (κ2) is 8.19. The van der Waals surface area contributed by atoms with Crippen LogP contribution in [-0.4, -0.2) is 11.9 Å². The first-order valence-electron chi connectivity index (χ1n) is 5.86. The van der Waals surface area contributed by atoms with Crippen LogP contribution in [0.3, 0.4) is 0 Å². The first-order valence-corrected chi connectivity index (χ1v) is 6.65. The van der Waals surface area contributed by atoms with Crippen molar-refractivity contribution in [3.63, 3.8) is 0 Å². The number of rotatable bonds is 2. The third-order valence-electron chi connectivity index (χ3n) is 1.76. The number of amidine groups is 1. The molecule has 0 bridgehead atoms. The maximum atomic E-state index is 13.4. The lowest BCUT2D eigenvalue weighted by molar-refractivity contribution is 0.589. The molecule has 0 saturated carbocycles. The molecular weight excluding hydrogens is 302 g/mol. The van der Waals surface area contributed by atoms with Gasteiger partial charge in [-0.05, 0) is 32.9 Å². The van der Waals surface area contributed by atoms with Gasteiger partial charge in [0.05, 0.1) is 5.84 Å². The summed E-state index contributed by atoms with van der Waals surface area (Å²) < 4.78 is 27.2. The van der Waals surface area contributed by atoms with Crippen LogP contribution in [0.5, 0.6) is 0 Å². The zero-order chi connectivity index (χ0) is 14.3. The third-order valence-corrected chi connectivity index (χ3v) is 2.22. The fraction of sp³-hybridized carbons (Fsp3) is 0.462. The Bertz CT molecular complexity index is 394. The van der Waals surface area contributed by atoms with Crippen molar-refractivity contribution in [2.24, 2.45) is 4.99 Å². The molecule has 0 fully saturated rings. The summed E-state index contributed by atoms with van der Waals surface area (Å²) in [5.74, 6) is -0.814. The lowest BCUT2D eigenvalue weighted by Crippen LogP contribution is -2.12. The monoisotopic (exact) mass is 320 g/mol. The predicted molar refractivity (Wildman–Crippen MR) is 77.3 cm³/mol. The molecule has 0 saturated heterocycles. The van der Waals surface area contributed by atoms with Gasteiger partial charge in [0, 0.05) is 10.5 Å². The van der Waals surface area contributed by atoms with Crippen molar-refractivity contribution in [3.05, 3.63) is 28.2 Å². The van der Waals surface area contributed by atoms with Crippen LogP contribution in [0.15, 0.2) is 21.6 Å². The van der Waals surface area contributed by atoms with E-state index in [2.05, 4.69) is 26.2 Å². The molecular formula is C13H19BrF2N2. The standard InChI is InChI=1S/C11H13BrF2N2.C2H6/c1-6(2)15-7(3)16-11-9(13)4-8(12)5-10(11)14;1-2/h4-6H,1-3H3,(H,15,16);1-2H3. The first-order chi connectivity index (χ1) is 8.40. The minimum Gasteiger partial charge on any atom is -0.340 e. The molecule has 0 aromatic heterocycles. The highest BCUT2D eigenvalue weighted by Gasteiger charge is 2.10. The van der Waals surface area contributed by atoms with Gasteiger partial charge in [-0.1, -0.05) is 29.8 Å². The van der Waals surface area contributed by atoms with Crippen molar-refractivity contribution in [1.82, 2.24) is 0 Å². The zero-order valence-corrected chi connectivity index (χ0v) is 12.9. The fourth-order valence-electron chi connectivity index (χ4n) is 1.26. The molecule has 0 radical (unpaired) electrons. The van der Waals surface area contributed by atoms with Crippen molar-refractivity contribution >= 4 is 27.5 Å². The molecule has 0 aliphatic rings. The summed E-state index contributed by atoms with van der Waals surface area (Å²) in [4.78, 5) is 4.14. The number of anilines is 1. The minimum absolute atomic E-state index is 0.0778. The lowest BCUT2D eigenvalue weighted by atomic mass is 10.3. The van der Waals surface area contributed by atoms with E-state index in [-0.39, 0.29) is 11.7 Å². The molecule has 1 aromatic rings. The van der Waals surface area contributed by atoms with Gasteiger partial charge in [0.1, 0.15) is 5.69 Å². The van der Waals surface area contributed by atoms with Gasteiger partial charge < -0.3 is 5.32 Å². The molecule has 0 heterocycles. The van der Waals surface area contributed by atoms with E-state index in [0.29, 0.717) is 10.3 Å². The van der Waals surface area contributed by atoms with Gasteiger partial charge in [0.15, 0.2) is 11.6 Å². The number of aliphatic imine (C=N–C) groups is 1. The Kier molecular flexibility index (Phi) is 7.75. The maximum Gasteiger partial charge on any atom is 0.150 e. The van der Waals surface area contributed by atoms with Gasteiger partial charge in [-0.2, -0.15) is 0 Å². The smallest absolute Gasteiger partial charge is 0.150 e. The van der Waals surface area contributed by atoms with Gasteiger partial charge in [-0.15, -0.1) is 0 Å². The molecule has 18 heavy (non-hydrogen) atoms. The third kappa shape index (κ3) is 5.58. The van der Waals surface area contributed by atoms with Gasteiger partial charge in [0.2, 0.25) is 0 Å². The van der Waals surface area contributed by atoms with Crippen molar-refractivity contribution in [2.45, 2.75) is 40.7 Å². The lowest BCUT2D eigenvalue weighted by Gasteiger charge is -2.09. The van der Waals surface area contributed by atoms with Crippen molar-refractivity contribution in [1.29, 1.82) is 0 Å². The first kappa shape index (κ1) is 17.0. The summed E-state index contributed by atoms with van der Waals surface area (Å²) in [6.07, 6.45) is 0. The van der Waals surface area contributed by atoms with E-state index in [1.165, 1.54) is 12.1 Å². The summed E-state index contributed by atoms with van der Waals surface area (Å²) in [5, 5.41) is 2.62. The van der Waals surface area contributed by atoms with E-state index in [9.17, 15) is 8.78 Å². The average Bonchev–Trinajstić information content (AvgIpc) is 2.25. The van der Waals surface area contributed by atoms with Gasteiger partial charge in [0.25, 0.3) is 0 Å². The van der Waals surface area contributed by atoms with Crippen LogP contribution in [0.2, 0.25) is 0 Å². The van der Waals surface area contributed by atoms with Gasteiger partial charge in [-0.25, -0.2) is 8.78 Å². The van der Waals surface area contributed by atoms with Crippen LogP contribution < -0.4 is 5.32 Å². The SMILES string of the molecule is CC.CC(=NC(C)C)Nc1c(F)cc(Br)cc1F. The van der Waals surface area contributed by atoms with Crippen LogP contribution in [0.1, 0.15) is 34.6 Å². The normalized spacial score (nSPS) is 11.1. The van der Waals surface area contributed by atoms with Crippen molar-refractivity contribution in [2.75, 3.05) is 5.32 Å². The highest BCUT2D eigenvalue weighted by atomic mass is 79.9. The number of hydrogen-bond acceptors (Lipinski definition) is 1. The van der Waals surface area contributed by atoms with E-state index in [4.69, 9.17) is 0 Å². The van der Waals surface area contributed by atoms with Gasteiger partial charge >= 0.3 is 0 Å². The highest BCUT2D eigenvalue weighted by Crippen LogP contribution is 2.23. The zero-order valence-electron chi connectivity index (χ0n) is 11.3. The molecule has 1 aromatic carbocycles. The van der Waals surface area contributed by atoms with Crippen LogP contribution in [0.25, 0.3) is 0 Å². The summed E-state index contributed by atoms with van der Waals surface area (Å²) in [7, 11) is 0. The Hall–Kier alpha value is -0.970. The van der Waals surface area contributed by atoms with Crippen LogP contribution in [0.4, 0.5) is 14.5 Å². The fourth-order valence-corrected chi connectivity index (χ4v) is 1.66. The molecule has 0 spiro atoms. The quantitative estimate of drug-likeness (QED) is 0.602. The van der Waals surface area contributed by atoms with Crippen LogP contribution >= 0.6 is 15.9 Å². The van der Waals surface area contributed by atoms with Crippen molar-refractivity contribution in [3.8, 4) is 0 Å². The topological polar surface area (TPSA) is 24.4 Å². The molecule has 0 amide bonds. The van der Waals surface area contributed by atoms with E-state index in [0.717, 1.165) is 0 Å². The molecule has 0 atom stereocenters. The van der Waals surface area contributed by atoms with E-state index >= 15 is 0 Å². The predicted octanol–water partition coefficient (Wildman–Crippen LogP) is 4.99. The molecule has 0 unspecified atom stereocenters. The maximum absolute atomic E-state index is 13.4. The molecule has 0 aliphatic carbocycles. The second-order valence-corrected chi connectivity index (χ2v) is 4.59. The average molecular weight is 321 g/mol. The number of nitrogens with zero attached hydrogens (tertiary/aromatic N) is 1. The molecule has 2 nitrogen and oxygen atoms in total. The Morgan fingerprint density at radius 3 is 2.06 bits per heavy atom. The number of halogens is 3. The molecule has 102 valence electrons. The Morgan fingerprint density at radius 1 is 1.22 bits per heavy atom. The Morgan fingerprint density at radius 2 is 1.67 bits per heavy atom. The van der Waals surface area contributed by atoms with E-state index in [1.54, 1.807) is 6.92 Å². The Balaban J connectivity index is 0.00000137. The minimum atomic E-state index is -0.648. The largest absolute Gasteiger partial charge is 0.340 e. The summed E-state index contributed by atoms with van der Waals surface area (Å²) in [5.41, 5.74) is -0.176. The Labute approximate surface area is 116 Å². The van der Waals surface area contributed by atoms with Crippen molar-refractivity contribution < 1.29 is 8.78 Å². The number of benzene rings is 1. The van der Waals surface area contributed by atoms with Gasteiger partial charge in [-0.3, -0.25) is 4.99 Å². The van der Waals surface area contributed by atoms with Crippen LogP contribution in [-0.2, 0) is 0 Å². The second-order valence-electron chi connectivity index (χ2n) is 3.68. The molecule has 0 aliphatic heterocycles. The summed E-state index contributed by atoms with van der Waals surface area (Å²) >= 11 is 3.02. The number of hydrogen-bond donors (Lipinski definition) is 1. The van der Waals surface area contributed by atoms with E-state index in [1.807, 2.05) is 27.7 Å². The van der Waals surface area contributed by atoms with Crippen LogP contribution in [0, 0.1) is 11.6 Å². The summed E-state index contributed by atoms with van der Waals surface area (Å²) in [6, 6.07) is 2.48.